The van der Waals surface area contributed by atoms with E-state index < -0.39 is 0 Å². The second kappa shape index (κ2) is 6.11. The van der Waals surface area contributed by atoms with E-state index in [0.29, 0.717) is 0 Å². The molecule has 0 aliphatic carbocycles. The molecule has 88 valence electrons. The van der Waals surface area contributed by atoms with E-state index >= 15 is 0 Å². The largest absolute Gasteiger partial charge is 0.125 e. The van der Waals surface area contributed by atoms with Crippen molar-refractivity contribution in [1.29, 1.82) is 0 Å². The number of benzene rings is 1. The molecule has 16 heavy (non-hydrogen) atoms. The predicted molar refractivity (Wildman–Crippen MR) is 76.8 cm³/mol. The van der Waals surface area contributed by atoms with Gasteiger partial charge in [-0.2, -0.15) is 0 Å². The zero-order valence-electron chi connectivity index (χ0n) is 9.79. The van der Waals surface area contributed by atoms with E-state index in [9.17, 15) is 0 Å². The van der Waals surface area contributed by atoms with Crippen LogP contribution in [0.3, 0.4) is 0 Å². The van der Waals surface area contributed by atoms with E-state index in [2.05, 4.69) is 47.1 Å². The lowest BCUT2D eigenvalue weighted by Crippen LogP contribution is -2.03. The van der Waals surface area contributed by atoms with Gasteiger partial charge in [-0.15, -0.1) is 11.8 Å². The zero-order chi connectivity index (χ0) is 11.4. The van der Waals surface area contributed by atoms with E-state index in [1.54, 1.807) is 5.56 Å². The van der Waals surface area contributed by atoms with E-state index in [1.807, 2.05) is 11.8 Å². The highest BCUT2D eigenvalue weighted by Crippen LogP contribution is 2.42. The Labute approximate surface area is 111 Å². The highest BCUT2D eigenvalue weighted by molar-refractivity contribution is 9.09. The fraction of sp³-hybridized carbons (Fsp3) is 0.571. The van der Waals surface area contributed by atoms with Gasteiger partial charge in [-0.05, 0) is 36.8 Å². The molecular weight excluding hydrogens is 280 g/mol. The van der Waals surface area contributed by atoms with Crippen molar-refractivity contribution in [1.82, 2.24) is 0 Å². The van der Waals surface area contributed by atoms with Crippen molar-refractivity contribution in [2.24, 2.45) is 0 Å². The van der Waals surface area contributed by atoms with Gasteiger partial charge >= 0.3 is 0 Å². The second-order valence-corrected chi connectivity index (χ2v) is 6.87. The molecule has 2 atom stereocenters. The molecule has 1 aromatic rings. The molecule has 0 amide bonds. The summed E-state index contributed by atoms with van der Waals surface area (Å²) in [7, 11) is 0. The minimum atomic E-state index is 0.718. The van der Waals surface area contributed by atoms with Gasteiger partial charge in [0.25, 0.3) is 0 Å². The summed E-state index contributed by atoms with van der Waals surface area (Å²) in [4.78, 5) is 2.23. The molecule has 0 spiro atoms. The molecule has 2 heteroatoms. The van der Waals surface area contributed by atoms with Crippen LogP contribution in [0.5, 0.6) is 0 Å². The first-order chi connectivity index (χ1) is 7.81. The molecule has 1 aliphatic rings. The van der Waals surface area contributed by atoms with Crippen LogP contribution in [0.1, 0.15) is 44.1 Å². The summed E-state index contributed by atoms with van der Waals surface area (Å²) >= 11 is 5.80. The Hall–Kier alpha value is 0.0500. The maximum absolute atomic E-state index is 3.78. The van der Waals surface area contributed by atoms with Gasteiger partial charge in [0.05, 0.1) is 0 Å². The lowest BCUT2D eigenvalue weighted by molar-refractivity contribution is 0.602. The smallest absolute Gasteiger partial charge is 0.0145 e. The molecule has 0 nitrogen and oxygen atoms in total. The summed E-state index contributed by atoms with van der Waals surface area (Å²) in [6.45, 7) is 2.26. The van der Waals surface area contributed by atoms with Gasteiger partial charge in [0.15, 0.2) is 0 Å². The van der Waals surface area contributed by atoms with Gasteiger partial charge in [-0.1, -0.05) is 47.5 Å². The number of halogens is 1. The molecule has 2 rings (SSSR count). The Kier molecular flexibility index (Phi) is 4.78. The summed E-state index contributed by atoms with van der Waals surface area (Å²) < 4.78 is 0. The fourth-order valence-electron chi connectivity index (χ4n) is 2.31. The number of rotatable bonds is 5. The van der Waals surface area contributed by atoms with Crippen molar-refractivity contribution in [2.75, 3.05) is 5.75 Å². The van der Waals surface area contributed by atoms with Crippen LogP contribution in [0, 0.1) is 0 Å². The first kappa shape index (κ1) is 12.5. The maximum atomic E-state index is 3.78. The standard InChI is InChI=1S/C14H19BrS/c1-2-5-12(15)9-8-11-10-16-14-7-4-3-6-13(11)14/h3-4,6-7,11-12H,2,5,8-10H2,1H3. The molecule has 1 heterocycles. The van der Waals surface area contributed by atoms with Crippen LogP contribution in [0.25, 0.3) is 0 Å². The van der Waals surface area contributed by atoms with Gasteiger partial charge in [0.2, 0.25) is 0 Å². The van der Waals surface area contributed by atoms with Crippen LogP contribution in [-0.4, -0.2) is 10.6 Å². The molecule has 0 saturated carbocycles. The Morgan fingerprint density at radius 3 is 3.00 bits per heavy atom. The molecule has 1 aliphatic heterocycles. The number of thioether (sulfide) groups is 1. The Balaban J connectivity index is 1.88. The molecule has 0 radical (unpaired) electrons. The Morgan fingerprint density at radius 1 is 1.38 bits per heavy atom. The first-order valence-corrected chi connectivity index (χ1v) is 8.07. The SMILES string of the molecule is CCCC(Br)CCC1CSc2ccccc21. The molecule has 0 bridgehead atoms. The monoisotopic (exact) mass is 298 g/mol. The number of alkyl halides is 1. The van der Waals surface area contributed by atoms with Crippen molar-refractivity contribution < 1.29 is 0 Å². The highest BCUT2D eigenvalue weighted by atomic mass is 79.9. The van der Waals surface area contributed by atoms with Gasteiger partial charge < -0.3 is 0 Å². The fourth-order valence-corrected chi connectivity index (χ4v) is 4.33. The number of fused-ring (bicyclic) bond motifs is 1. The van der Waals surface area contributed by atoms with Crippen LogP contribution >= 0.6 is 27.7 Å². The van der Waals surface area contributed by atoms with E-state index in [4.69, 9.17) is 0 Å². The summed E-state index contributed by atoms with van der Waals surface area (Å²) in [6, 6.07) is 8.90. The topological polar surface area (TPSA) is 0 Å². The first-order valence-electron chi connectivity index (χ1n) is 6.17. The van der Waals surface area contributed by atoms with Gasteiger partial charge in [-0.25, -0.2) is 0 Å². The summed E-state index contributed by atoms with van der Waals surface area (Å²) in [5.41, 5.74) is 1.59. The average Bonchev–Trinajstić information content (AvgIpc) is 2.70. The lowest BCUT2D eigenvalue weighted by atomic mass is 9.95. The Morgan fingerprint density at radius 2 is 2.19 bits per heavy atom. The normalized spacial score (nSPS) is 20.8. The molecule has 1 aromatic carbocycles. The minimum Gasteiger partial charge on any atom is -0.125 e. The van der Waals surface area contributed by atoms with Crippen LogP contribution in [0.4, 0.5) is 0 Å². The molecule has 0 N–H and O–H groups in total. The third-order valence-electron chi connectivity index (χ3n) is 3.23. The third-order valence-corrected chi connectivity index (χ3v) is 5.40. The number of hydrogen-bond acceptors (Lipinski definition) is 1. The van der Waals surface area contributed by atoms with E-state index in [-0.39, 0.29) is 0 Å². The van der Waals surface area contributed by atoms with E-state index in [1.165, 1.54) is 36.3 Å². The van der Waals surface area contributed by atoms with Crippen molar-refractivity contribution in [2.45, 2.75) is 48.2 Å². The summed E-state index contributed by atoms with van der Waals surface area (Å²) in [5, 5.41) is 0. The van der Waals surface area contributed by atoms with Crippen molar-refractivity contribution >= 4 is 27.7 Å². The van der Waals surface area contributed by atoms with E-state index in [0.717, 1.165) is 10.7 Å². The van der Waals surface area contributed by atoms with Gasteiger partial charge in [-0.3, -0.25) is 0 Å². The molecule has 0 saturated heterocycles. The maximum Gasteiger partial charge on any atom is 0.0145 e. The second-order valence-electron chi connectivity index (χ2n) is 4.51. The van der Waals surface area contributed by atoms with Crippen LogP contribution in [0.2, 0.25) is 0 Å². The van der Waals surface area contributed by atoms with Gasteiger partial charge in [0, 0.05) is 15.5 Å². The van der Waals surface area contributed by atoms with Crippen molar-refractivity contribution in [3.05, 3.63) is 29.8 Å². The van der Waals surface area contributed by atoms with Crippen LogP contribution in [-0.2, 0) is 0 Å². The van der Waals surface area contributed by atoms with Crippen LogP contribution in [0.15, 0.2) is 29.2 Å². The molecule has 2 unspecified atom stereocenters. The number of hydrogen-bond donors (Lipinski definition) is 0. The van der Waals surface area contributed by atoms with Crippen molar-refractivity contribution in [3.63, 3.8) is 0 Å². The predicted octanol–water partition coefficient (Wildman–Crippen LogP) is 5.22. The molecule has 0 fully saturated rings. The average molecular weight is 299 g/mol. The summed E-state index contributed by atoms with van der Waals surface area (Å²) in [6.07, 6.45) is 5.24. The zero-order valence-corrected chi connectivity index (χ0v) is 12.2. The van der Waals surface area contributed by atoms with Crippen LogP contribution < -0.4 is 0 Å². The summed E-state index contributed by atoms with van der Waals surface area (Å²) in [5.74, 6) is 2.07. The molecule has 0 aromatic heterocycles. The lowest BCUT2D eigenvalue weighted by Gasteiger charge is -2.13. The minimum absolute atomic E-state index is 0.718. The molecular formula is C14H19BrS. The Bertz CT molecular complexity index is 337. The third kappa shape index (κ3) is 3.04. The van der Waals surface area contributed by atoms with Crippen molar-refractivity contribution in [3.8, 4) is 0 Å². The highest BCUT2D eigenvalue weighted by Gasteiger charge is 2.22. The quantitative estimate of drug-likeness (QED) is 0.672. The van der Waals surface area contributed by atoms with Gasteiger partial charge in [0.1, 0.15) is 0 Å².